The molecule has 0 aliphatic heterocycles. The van der Waals surface area contributed by atoms with E-state index in [0.29, 0.717) is 22.8 Å². The van der Waals surface area contributed by atoms with E-state index in [9.17, 15) is 9.18 Å². The molecule has 1 N–H and O–H groups in total. The first-order chi connectivity index (χ1) is 11.5. The molecule has 1 amide bonds. The smallest absolute Gasteiger partial charge is 0.228 e. The van der Waals surface area contributed by atoms with E-state index >= 15 is 0 Å². The van der Waals surface area contributed by atoms with Crippen LogP contribution in [0.2, 0.25) is 0 Å². The van der Waals surface area contributed by atoms with Gasteiger partial charge in [-0.2, -0.15) is 0 Å². The summed E-state index contributed by atoms with van der Waals surface area (Å²) >= 11 is 0. The highest BCUT2D eigenvalue weighted by Gasteiger charge is 2.15. The highest BCUT2D eigenvalue weighted by atomic mass is 19.1. The second-order valence-electron chi connectivity index (χ2n) is 5.24. The van der Waals surface area contributed by atoms with Crippen molar-refractivity contribution in [1.29, 1.82) is 0 Å². The zero-order valence-corrected chi connectivity index (χ0v) is 14.1. The van der Waals surface area contributed by atoms with E-state index in [1.807, 2.05) is 0 Å². The number of halogens is 1. The Morgan fingerprint density at radius 3 is 2.17 bits per heavy atom. The van der Waals surface area contributed by atoms with Crippen LogP contribution in [-0.2, 0) is 11.2 Å². The molecule has 0 fully saturated rings. The molecule has 0 saturated carbocycles. The van der Waals surface area contributed by atoms with E-state index in [-0.39, 0.29) is 18.0 Å². The number of hydrogen-bond acceptors (Lipinski definition) is 4. The van der Waals surface area contributed by atoms with Gasteiger partial charge in [0.25, 0.3) is 0 Å². The third kappa shape index (κ3) is 3.95. The van der Waals surface area contributed by atoms with Gasteiger partial charge in [-0.15, -0.1) is 0 Å². The van der Waals surface area contributed by atoms with Crippen LogP contribution in [0.4, 0.5) is 10.1 Å². The standard InChI is InChI=1S/C18H20FNO4/c1-11-5-6-14(13(19)7-11)20-17(21)10-12-8-15(22-2)18(24-4)16(9-12)23-3/h5-9H,10H2,1-4H3,(H,20,21). The van der Waals surface area contributed by atoms with Crippen molar-refractivity contribution in [3.63, 3.8) is 0 Å². The first kappa shape index (κ1) is 17.6. The Hall–Kier alpha value is -2.76. The molecule has 0 saturated heterocycles. The molecule has 0 aliphatic carbocycles. The van der Waals surface area contributed by atoms with Crippen LogP contribution in [0.3, 0.4) is 0 Å². The average molecular weight is 333 g/mol. The quantitative estimate of drug-likeness (QED) is 0.881. The van der Waals surface area contributed by atoms with Gasteiger partial charge in [0.2, 0.25) is 11.7 Å². The Bertz CT molecular complexity index is 721. The lowest BCUT2D eigenvalue weighted by atomic mass is 10.1. The Labute approximate surface area is 140 Å². The minimum absolute atomic E-state index is 0.0457. The number of hydrogen-bond donors (Lipinski definition) is 1. The zero-order chi connectivity index (χ0) is 17.7. The van der Waals surface area contributed by atoms with Gasteiger partial charge in [0.1, 0.15) is 5.82 Å². The number of amides is 1. The van der Waals surface area contributed by atoms with Gasteiger partial charge in [0, 0.05) is 0 Å². The van der Waals surface area contributed by atoms with Gasteiger partial charge in [-0.1, -0.05) is 6.07 Å². The summed E-state index contributed by atoms with van der Waals surface area (Å²) in [6.07, 6.45) is 0.0457. The van der Waals surface area contributed by atoms with Crippen molar-refractivity contribution in [1.82, 2.24) is 0 Å². The second kappa shape index (κ2) is 7.68. The molecule has 24 heavy (non-hydrogen) atoms. The molecule has 0 unspecified atom stereocenters. The van der Waals surface area contributed by atoms with Crippen LogP contribution in [0, 0.1) is 12.7 Å². The van der Waals surface area contributed by atoms with Crippen molar-refractivity contribution >= 4 is 11.6 Å². The molecule has 128 valence electrons. The minimum atomic E-state index is -0.465. The number of nitrogens with one attached hydrogen (secondary N) is 1. The average Bonchev–Trinajstić information content (AvgIpc) is 2.56. The highest BCUT2D eigenvalue weighted by Crippen LogP contribution is 2.38. The summed E-state index contributed by atoms with van der Waals surface area (Å²) in [6, 6.07) is 8.02. The summed E-state index contributed by atoms with van der Waals surface area (Å²) in [5.41, 5.74) is 1.60. The van der Waals surface area contributed by atoms with E-state index in [1.165, 1.54) is 33.5 Å². The van der Waals surface area contributed by atoms with Gasteiger partial charge in [0.15, 0.2) is 11.5 Å². The van der Waals surface area contributed by atoms with Crippen LogP contribution in [-0.4, -0.2) is 27.2 Å². The monoisotopic (exact) mass is 333 g/mol. The third-order valence-corrected chi connectivity index (χ3v) is 3.49. The second-order valence-corrected chi connectivity index (χ2v) is 5.24. The summed E-state index contributed by atoms with van der Waals surface area (Å²) < 4.78 is 29.6. The van der Waals surface area contributed by atoms with Gasteiger partial charge in [-0.25, -0.2) is 4.39 Å². The molecule has 2 aromatic carbocycles. The van der Waals surface area contributed by atoms with Crippen LogP contribution < -0.4 is 19.5 Å². The maximum Gasteiger partial charge on any atom is 0.228 e. The first-order valence-electron chi connectivity index (χ1n) is 7.33. The molecule has 6 heteroatoms. The molecule has 0 aliphatic rings. The largest absolute Gasteiger partial charge is 0.493 e. The number of methoxy groups -OCH3 is 3. The molecule has 0 atom stereocenters. The van der Waals surface area contributed by atoms with E-state index in [4.69, 9.17) is 14.2 Å². The highest BCUT2D eigenvalue weighted by molar-refractivity contribution is 5.92. The summed E-state index contributed by atoms with van der Waals surface area (Å²) in [6.45, 7) is 1.78. The molecule has 0 spiro atoms. The summed E-state index contributed by atoms with van der Waals surface area (Å²) in [4.78, 5) is 12.2. The molecule has 5 nitrogen and oxygen atoms in total. The number of carbonyl (C=O) groups is 1. The molecule has 0 aromatic heterocycles. The molecular weight excluding hydrogens is 313 g/mol. The van der Waals surface area contributed by atoms with Crippen LogP contribution in [0.15, 0.2) is 30.3 Å². The SMILES string of the molecule is COc1cc(CC(=O)Nc2ccc(C)cc2F)cc(OC)c1OC. The van der Waals surface area contributed by atoms with Crippen LogP contribution in [0.25, 0.3) is 0 Å². The van der Waals surface area contributed by atoms with Gasteiger partial charge in [-0.05, 0) is 42.3 Å². The van der Waals surface area contributed by atoms with Crippen molar-refractivity contribution in [2.24, 2.45) is 0 Å². The van der Waals surface area contributed by atoms with Crippen LogP contribution in [0.5, 0.6) is 17.2 Å². The maximum atomic E-state index is 13.8. The van der Waals surface area contributed by atoms with E-state index < -0.39 is 5.82 Å². The maximum absolute atomic E-state index is 13.8. The van der Waals surface area contributed by atoms with Crippen molar-refractivity contribution in [2.75, 3.05) is 26.6 Å². The molecule has 0 radical (unpaired) electrons. The topological polar surface area (TPSA) is 56.8 Å². The lowest BCUT2D eigenvalue weighted by Gasteiger charge is -2.14. The van der Waals surface area contributed by atoms with Gasteiger partial charge >= 0.3 is 0 Å². The Balaban J connectivity index is 2.19. The van der Waals surface area contributed by atoms with E-state index in [0.717, 1.165) is 5.56 Å². The first-order valence-corrected chi connectivity index (χ1v) is 7.33. The van der Waals surface area contributed by atoms with Crippen molar-refractivity contribution in [2.45, 2.75) is 13.3 Å². The predicted molar refractivity (Wildman–Crippen MR) is 89.6 cm³/mol. The number of carbonyl (C=O) groups excluding carboxylic acids is 1. The van der Waals surface area contributed by atoms with Crippen molar-refractivity contribution in [3.05, 3.63) is 47.3 Å². The fraction of sp³-hybridized carbons (Fsp3) is 0.278. The predicted octanol–water partition coefficient (Wildman–Crippen LogP) is 3.34. The van der Waals surface area contributed by atoms with Crippen LogP contribution in [0.1, 0.15) is 11.1 Å². The Kier molecular flexibility index (Phi) is 5.63. The minimum Gasteiger partial charge on any atom is -0.493 e. The van der Waals surface area contributed by atoms with Gasteiger partial charge in [-0.3, -0.25) is 4.79 Å². The lowest BCUT2D eigenvalue weighted by molar-refractivity contribution is -0.115. The molecule has 0 bridgehead atoms. The molecule has 2 aromatic rings. The number of aryl methyl sites for hydroxylation is 1. The Morgan fingerprint density at radius 1 is 1.04 bits per heavy atom. The van der Waals surface area contributed by atoms with E-state index in [1.54, 1.807) is 25.1 Å². The molecule has 2 rings (SSSR count). The van der Waals surface area contributed by atoms with E-state index in [2.05, 4.69) is 5.32 Å². The lowest BCUT2D eigenvalue weighted by Crippen LogP contribution is -2.15. The zero-order valence-electron chi connectivity index (χ0n) is 14.1. The van der Waals surface area contributed by atoms with Gasteiger partial charge in [0.05, 0.1) is 33.4 Å². The van der Waals surface area contributed by atoms with Crippen molar-refractivity contribution < 1.29 is 23.4 Å². The molecular formula is C18H20FNO4. The number of rotatable bonds is 6. The normalized spacial score (nSPS) is 10.2. The molecule has 0 heterocycles. The fourth-order valence-corrected chi connectivity index (χ4v) is 2.34. The number of anilines is 1. The van der Waals surface area contributed by atoms with Crippen LogP contribution >= 0.6 is 0 Å². The van der Waals surface area contributed by atoms with Gasteiger partial charge < -0.3 is 19.5 Å². The number of ether oxygens (including phenoxy) is 3. The summed E-state index contributed by atoms with van der Waals surface area (Å²) in [7, 11) is 4.51. The van der Waals surface area contributed by atoms with Crippen molar-refractivity contribution in [3.8, 4) is 17.2 Å². The number of benzene rings is 2. The fourth-order valence-electron chi connectivity index (χ4n) is 2.34. The summed E-state index contributed by atoms with van der Waals surface area (Å²) in [5.74, 6) is 0.566. The third-order valence-electron chi connectivity index (χ3n) is 3.49. The Morgan fingerprint density at radius 2 is 1.67 bits per heavy atom. The summed E-state index contributed by atoms with van der Waals surface area (Å²) in [5, 5.41) is 2.56.